The van der Waals surface area contributed by atoms with E-state index in [9.17, 15) is 4.79 Å². The number of hydrogen-bond donors (Lipinski definition) is 1. The SMILES string of the molecule is Cc1nc(C)n(CCCNC(=O)N(C)Cc2cnn(-c3ccccc3C)c2)n1. The van der Waals surface area contributed by atoms with Crippen molar-refractivity contribution in [2.45, 2.75) is 40.3 Å². The van der Waals surface area contributed by atoms with Crippen molar-refractivity contribution < 1.29 is 4.79 Å². The first-order valence-corrected chi connectivity index (χ1v) is 9.40. The van der Waals surface area contributed by atoms with Gasteiger partial charge in [0.2, 0.25) is 0 Å². The fraction of sp³-hybridized carbons (Fsp3) is 0.400. The second-order valence-electron chi connectivity index (χ2n) is 6.95. The Morgan fingerprint density at radius 3 is 2.71 bits per heavy atom. The first-order chi connectivity index (χ1) is 13.4. The molecule has 0 aliphatic carbocycles. The number of urea groups is 1. The third-order valence-corrected chi connectivity index (χ3v) is 4.55. The number of hydrogen-bond acceptors (Lipinski definition) is 4. The molecule has 0 fully saturated rings. The van der Waals surface area contributed by atoms with Crippen LogP contribution >= 0.6 is 0 Å². The van der Waals surface area contributed by atoms with Gasteiger partial charge in [-0.3, -0.25) is 4.68 Å². The number of para-hydroxylation sites is 1. The zero-order valence-electron chi connectivity index (χ0n) is 16.9. The Hall–Kier alpha value is -3.16. The van der Waals surface area contributed by atoms with E-state index in [1.54, 1.807) is 18.1 Å². The lowest BCUT2D eigenvalue weighted by molar-refractivity contribution is 0.206. The summed E-state index contributed by atoms with van der Waals surface area (Å²) in [6.07, 6.45) is 4.56. The molecular formula is C20H27N7O. The molecule has 0 spiro atoms. The molecule has 8 nitrogen and oxygen atoms in total. The molecule has 0 atom stereocenters. The molecule has 1 N–H and O–H groups in total. The number of carbonyl (C=O) groups excluding carboxylic acids is 1. The zero-order valence-corrected chi connectivity index (χ0v) is 16.9. The van der Waals surface area contributed by atoms with E-state index in [0.29, 0.717) is 13.1 Å². The van der Waals surface area contributed by atoms with Gasteiger partial charge >= 0.3 is 6.03 Å². The van der Waals surface area contributed by atoms with Gasteiger partial charge in [-0.2, -0.15) is 10.2 Å². The summed E-state index contributed by atoms with van der Waals surface area (Å²) in [4.78, 5) is 18.2. The largest absolute Gasteiger partial charge is 0.338 e. The Morgan fingerprint density at radius 2 is 2.00 bits per heavy atom. The Bertz CT molecular complexity index is 944. The summed E-state index contributed by atoms with van der Waals surface area (Å²) in [7, 11) is 1.78. The van der Waals surface area contributed by atoms with Crippen molar-refractivity contribution >= 4 is 6.03 Å². The van der Waals surface area contributed by atoms with Gasteiger partial charge in [-0.05, 0) is 38.8 Å². The van der Waals surface area contributed by atoms with Crippen LogP contribution in [0.15, 0.2) is 36.7 Å². The summed E-state index contributed by atoms with van der Waals surface area (Å²) < 4.78 is 3.71. The van der Waals surface area contributed by atoms with Gasteiger partial charge in [-0.15, -0.1) is 0 Å². The van der Waals surface area contributed by atoms with Gasteiger partial charge < -0.3 is 10.2 Å². The van der Waals surface area contributed by atoms with Gasteiger partial charge in [0.1, 0.15) is 11.6 Å². The quantitative estimate of drug-likeness (QED) is 0.638. The third-order valence-electron chi connectivity index (χ3n) is 4.55. The van der Waals surface area contributed by atoms with E-state index in [2.05, 4.69) is 33.5 Å². The van der Waals surface area contributed by atoms with Crippen LogP contribution in [0.4, 0.5) is 4.79 Å². The van der Waals surface area contributed by atoms with Gasteiger partial charge in [-0.25, -0.2) is 14.5 Å². The van der Waals surface area contributed by atoms with Crippen LogP contribution in [0.2, 0.25) is 0 Å². The number of aromatic nitrogens is 5. The van der Waals surface area contributed by atoms with Crippen LogP contribution < -0.4 is 5.32 Å². The zero-order chi connectivity index (χ0) is 20.1. The molecule has 0 saturated carbocycles. The molecule has 0 aliphatic heterocycles. The monoisotopic (exact) mass is 381 g/mol. The van der Waals surface area contributed by atoms with Crippen LogP contribution in [-0.4, -0.2) is 49.1 Å². The normalized spacial score (nSPS) is 10.9. The topological polar surface area (TPSA) is 80.9 Å². The maximum Gasteiger partial charge on any atom is 0.317 e. The lowest BCUT2D eigenvalue weighted by Crippen LogP contribution is -2.37. The maximum atomic E-state index is 12.3. The average Bonchev–Trinajstić information content (AvgIpc) is 3.24. The van der Waals surface area contributed by atoms with Crippen molar-refractivity contribution in [2.24, 2.45) is 0 Å². The molecule has 0 unspecified atom stereocenters. The summed E-state index contributed by atoms with van der Waals surface area (Å²) in [5.41, 5.74) is 3.18. The van der Waals surface area contributed by atoms with Gasteiger partial charge in [-0.1, -0.05) is 18.2 Å². The number of nitrogens with one attached hydrogen (secondary N) is 1. The molecule has 2 heterocycles. The van der Waals surface area contributed by atoms with Crippen LogP contribution in [-0.2, 0) is 13.1 Å². The second-order valence-corrected chi connectivity index (χ2v) is 6.95. The molecule has 8 heteroatoms. The highest BCUT2D eigenvalue weighted by Crippen LogP contribution is 2.13. The Labute approximate surface area is 165 Å². The van der Waals surface area contributed by atoms with Crippen molar-refractivity contribution in [2.75, 3.05) is 13.6 Å². The molecule has 148 valence electrons. The molecule has 3 rings (SSSR count). The summed E-state index contributed by atoms with van der Waals surface area (Å²) in [6.45, 7) is 7.69. The van der Waals surface area contributed by atoms with Crippen molar-refractivity contribution in [1.82, 2.24) is 34.8 Å². The molecule has 2 amide bonds. The fourth-order valence-electron chi connectivity index (χ4n) is 3.07. The molecule has 2 aromatic heterocycles. The van der Waals surface area contributed by atoms with E-state index in [1.165, 1.54) is 0 Å². The van der Waals surface area contributed by atoms with Crippen molar-refractivity contribution in [3.63, 3.8) is 0 Å². The first kappa shape index (κ1) is 19.6. The van der Waals surface area contributed by atoms with Crippen LogP contribution in [0.25, 0.3) is 5.69 Å². The highest BCUT2D eigenvalue weighted by molar-refractivity contribution is 5.73. The fourth-order valence-corrected chi connectivity index (χ4v) is 3.07. The molecule has 3 aromatic rings. The lowest BCUT2D eigenvalue weighted by atomic mass is 10.2. The number of rotatable bonds is 7. The maximum absolute atomic E-state index is 12.3. The van der Waals surface area contributed by atoms with Crippen molar-refractivity contribution in [3.05, 3.63) is 59.4 Å². The van der Waals surface area contributed by atoms with E-state index in [-0.39, 0.29) is 6.03 Å². The van der Waals surface area contributed by atoms with Gasteiger partial charge in [0, 0.05) is 31.9 Å². The number of carbonyl (C=O) groups is 1. The molecule has 0 aliphatic rings. The van der Waals surface area contributed by atoms with Crippen LogP contribution in [0.5, 0.6) is 0 Å². The Kier molecular flexibility index (Phi) is 6.08. The average molecular weight is 381 g/mol. The van der Waals surface area contributed by atoms with Crippen LogP contribution in [0.3, 0.4) is 0 Å². The van der Waals surface area contributed by atoms with Crippen molar-refractivity contribution in [1.29, 1.82) is 0 Å². The Morgan fingerprint density at radius 1 is 1.21 bits per heavy atom. The number of aryl methyl sites for hydroxylation is 4. The molecule has 0 saturated heterocycles. The summed E-state index contributed by atoms with van der Waals surface area (Å²) >= 11 is 0. The van der Waals surface area contributed by atoms with Gasteiger partial charge in [0.05, 0.1) is 18.4 Å². The van der Waals surface area contributed by atoms with E-state index in [0.717, 1.165) is 41.4 Å². The lowest BCUT2D eigenvalue weighted by Gasteiger charge is -2.17. The smallest absolute Gasteiger partial charge is 0.317 e. The summed E-state index contributed by atoms with van der Waals surface area (Å²) in [6, 6.07) is 7.98. The third kappa shape index (κ3) is 4.76. The highest BCUT2D eigenvalue weighted by atomic mass is 16.2. The second kappa shape index (κ2) is 8.69. The van der Waals surface area contributed by atoms with E-state index in [4.69, 9.17) is 0 Å². The Balaban J connectivity index is 1.47. The van der Waals surface area contributed by atoms with E-state index >= 15 is 0 Å². The minimum absolute atomic E-state index is 0.102. The van der Waals surface area contributed by atoms with Gasteiger partial charge in [0.15, 0.2) is 0 Å². The van der Waals surface area contributed by atoms with Crippen LogP contribution in [0.1, 0.15) is 29.2 Å². The highest BCUT2D eigenvalue weighted by Gasteiger charge is 2.11. The molecular weight excluding hydrogens is 354 g/mol. The van der Waals surface area contributed by atoms with E-state index in [1.807, 2.05) is 47.6 Å². The summed E-state index contributed by atoms with van der Waals surface area (Å²) in [5.74, 6) is 1.67. The van der Waals surface area contributed by atoms with E-state index < -0.39 is 0 Å². The van der Waals surface area contributed by atoms with Crippen LogP contribution in [0, 0.1) is 20.8 Å². The van der Waals surface area contributed by atoms with Crippen molar-refractivity contribution in [3.8, 4) is 5.69 Å². The number of nitrogens with zero attached hydrogens (tertiary/aromatic N) is 6. The molecule has 28 heavy (non-hydrogen) atoms. The molecule has 0 bridgehead atoms. The number of amides is 2. The predicted octanol–water partition coefficient (Wildman–Crippen LogP) is 2.62. The molecule has 0 radical (unpaired) electrons. The number of benzene rings is 1. The molecule has 1 aromatic carbocycles. The summed E-state index contributed by atoms with van der Waals surface area (Å²) in [5, 5.41) is 11.7. The van der Waals surface area contributed by atoms with Gasteiger partial charge in [0.25, 0.3) is 0 Å². The minimum Gasteiger partial charge on any atom is -0.338 e. The first-order valence-electron chi connectivity index (χ1n) is 9.40. The standard InChI is InChI=1S/C20H27N7O/c1-15-8-5-6-9-19(15)27-14-18(12-22-27)13-25(4)20(28)21-10-7-11-26-17(3)23-16(2)24-26/h5-6,8-9,12,14H,7,10-11,13H2,1-4H3,(H,21,28). The minimum atomic E-state index is -0.102. The predicted molar refractivity (Wildman–Crippen MR) is 107 cm³/mol.